The second-order valence-electron chi connectivity index (χ2n) is 4.90. The molecule has 1 heterocycles. The normalized spacial score (nSPS) is 26.8. The molecule has 0 aromatic heterocycles. The zero-order chi connectivity index (χ0) is 13.9. The summed E-state index contributed by atoms with van der Waals surface area (Å²) in [5, 5.41) is 21.5. The van der Waals surface area contributed by atoms with Crippen molar-refractivity contribution in [2.45, 2.75) is 25.0 Å². The van der Waals surface area contributed by atoms with Gasteiger partial charge in [0.2, 0.25) is 6.29 Å². The maximum Gasteiger partial charge on any atom is 0.203 e. The van der Waals surface area contributed by atoms with Crippen LogP contribution in [0.3, 0.4) is 0 Å². The highest BCUT2D eigenvalue weighted by Gasteiger charge is 2.42. The molecule has 20 heavy (non-hydrogen) atoms. The first-order chi connectivity index (χ1) is 9.75. The summed E-state index contributed by atoms with van der Waals surface area (Å²) in [7, 11) is 0. The minimum Gasteiger partial charge on any atom is -0.386 e. The van der Waals surface area contributed by atoms with Gasteiger partial charge in [-0.25, -0.2) is 0 Å². The molecule has 1 saturated heterocycles. The summed E-state index contributed by atoms with van der Waals surface area (Å²) in [6.07, 6.45) is -2.15. The zero-order valence-electron chi connectivity index (χ0n) is 11.0. The van der Waals surface area contributed by atoms with Crippen LogP contribution in [0.5, 0.6) is 0 Å². The Labute approximate surface area is 117 Å². The lowest BCUT2D eigenvalue weighted by atomic mass is 10.0. The van der Waals surface area contributed by atoms with E-state index in [1.54, 1.807) is 5.06 Å². The van der Waals surface area contributed by atoms with E-state index in [9.17, 15) is 10.2 Å². The largest absolute Gasteiger partial charge is 0.386 e. The van der Waals surface area contributed by atoms with Crippen LogP contribution >= 0.6 is 0 Å². The fourth-order valence-electron chi connectivity index (χ4n) is 2.51. The third kappa shape index (κ3) is 2.59. The van der Waals surface area contributed by atoms with Gasteiger partial charge in [-0.1, -0.05) is 60.7 Å². The van der Waals surface area contributed by atoms with Crippen LogP contribution in [0.4, 0.5) is 0 Å². The smallest absolute Gasteiger partial charge is 0.203 e. The van der Waals surface area contributed by atoms with E-state index in [-0.39, 0.29) is 6.04 Å². The predicted octanol–water partition coefficient (Wildman–Crippen LogP) is 1.85. The van der Waals surface area contributed by atoms with E-state index in [0.717, 1.165) is 11.1 Å². The average Bonchev–Trinajstić information content (AvgIpc) is 2.76. The summed E-state index contributed by atoms with van der Waals surface area (Å²) in [4.78, 5) is 5.38. The van der Waals surface area contributed by atoms with Crippen molar-refractivity contribution in [3.05, 3.63) is 71.8 Å². The number of aliphatic hydroxyl groups excluding tert-OH is 2. The van der Waals surface area contributed by atoms with Gasteiger partial charge in [-0.15, -0.1) is 0 Å². The summed E-state index contributed by atoms with van der Waals surface area (Å²) in [6, 6.07) is 19.1. The van der Waals surface area contributed by atoms with Crippen molar-refractivity contribution < 1.29 is 15.1 Å². The second kappa shape index (κ2) is 5.73. The Morgan fingerprint density at radius 1 is 0.900 bits per heavy atom. The van der Waals surface area contributed by atoms with Gasteiger partial charge in [-0.3, -0.25) is 4.84 Å². The molecule has 1 aliphatic heterocycles. The second-order valence-corrected chi connectivity index (χ2v) is 4.90. The van der Waals surface area contributed by atoms with E-state index in [2.05, 4.69) is 0 Å². The maximum atomic E-state index is 10.1. The Hall–Kier alpha value is -1.72. The fourth-order valence-corrected chi connectivity index (χ4v) is 2.51. The SMILES string of the molecule is O[C@@H]1[C@@H](c2ccccc2)N(Cc2ccccc2)O[C@@H]1O. The number of hydroxylamine groups is 2. The summed E-state index contributed by atoms with van der Waals surface area (Å²) in [6.45, 7) is 0.508. The summed E-state index contributed by atoms with van der Waals surface area (Å²) < 4.78 is 0. The van der Waals surface area contributed by atoms with Crippen LogP contribution in [0, 0.1) is 0 Å². The monoisotopic (exact) mass is 271 g/mol. The van der Waals surface area contributed by atoms with Crippen molar-refractivity contribution >= 4 is 0 Å². The molecule has 0 unspecified atom stereocenters. The van der Waals surface area contributed by atoms with Gasteiger partial charge in [0.05, 0.1) is 12.6 Å². The Morgan fingerprint density at radius 2 is 1.50 bits per heavy atom. The van der Waals surface area contributed by atoms with Crippen LogP contribution in [0.2, 0.25) is 0 Å². The van der Waals surface area contributed by atoms with E-state index in [0.29, 0.717) is 6.54 Å². The Morgan fingerprint density at radius 3 is 2.15 bits per heavy atom. The highest BCUT2D eigenvalue weighted by Crippen LogP contribution is 2.34. The van der Waals surface area contributed by atoms with Crippen LogP contribution in [0.25, 0.3) is 0 Å². The molecule has 2 N–H and O–H groups in total. The van der Waals surface area contributed by atoms with E-state index in [4.69, 9.17) is 4.84 Å². The molecule has 4 nitrogen and oxygen atoms in total. The molecule has 0 amide bonds. The van der Waals surface area contributed by atoms with Gasteiger partial charge in [0.15, 0.2) is 0 Å². The van der Waals surface area contributed by atoms with Crippen molar-refractivity contribution in [3.8, 4) is 0 Å². The van der Waals surface area contributed by atoms with Gasteiger partial charge < -0.3 is 10.2 Å². The first-order valence-corrected chi connectivity index (χ1v) is 6.64. The molecule has 104 valence electrons. The number of rotatable bonds is 3. The third-order valence-corrected chi connectivity index (χ3v) is 3.49. The maximum absolute atomic E-state index is 10.1. The minimum absolute atomic E-state index is 0.369. The highest BCUT2D eigenvalue weighted by molar-refractivity contribution is 5.22. The molecular weight excluding hydrogens is 254 g/mol. The lowest BCUT2D eigenvalue weighted by Gasteiger charge is -2.23. The van der Waals surface area contributed by atoms with Gasteiger partial charge in [-0.05, 0) is 11.1 Å². The van der Waals surface area contributed by atoms with Gasteiger partial charge in [0.1, 0.15) is 6.10 Å². The molecule has 4 heteroatoms. The molecule has 0 saturated carbocycles. The van der Waals surface area contributed by atoms with Gasteiger partial charge >= 0.3 is 0 Å². The molecule has 1 aliphatic rings. The molecule has 3 atom stereocenters. The first kappa shape index (κ1) is 13.3. The van der Waals surface area contributed by atoms with Crippen molar-refractivity contribution in [3.63, 3.8) is 0 Å². The molecule has 0 spiro atoms. The van der Waals surface area contributed by atoms with Crippen LogP contribution in [-0.2, 0) is 11.4 Å². The average molecular weight is 271 g/mol. The number of nitrogens with zero attached hydrogens (tertiary/aromatic N) is 1. The lowest BCUT2D eigenvalue weighted by molar-refractivity contribution is -0.233. The van der Waals surface area contributed by atoms with Crippen LogP contribution in [-0.4, -0.2) is 27.7 Å². The van der Waals surface area contributed by atoms with Gasteiger partial charge in [-0.2, -0.15) is 5.06 Å². The van der Waals surface area contributed by atoms with E-state index in [1.165, 1.54) is 0 Å². The standard InChI is InChI=1S/C16H17NO3/c18-15-14(13-9-5-2-6-10-13)17(20-16(15)19)11-12-7-3-1-4-8-12/h1-10,14-16,18-19H,11H2/t14-,15-,16+/m1/s1. The third-order valence-electron chi connectivity index (χ3n) is 3.49. The topological polar surface area (TPSA) is 52.9 Å². The molecule has 2 aromatic rings. The van der Waals surface area contributed by atoms with Crippen LogP contribution < -0.4 is 0 Å². The molecule has 2 aromatic carbocycles. The quantitative estimate of drug-likeness (QED) is 0.894. The minimum atomic E-state index is -1.19. The molecule has 0 aliphatic carbocycles. The summed E-state index contributed by atoms with van der Waals surface area (Å²) in [5.74, 6) is 0. The number of benzene rings is 2. The number of hydrogen-bond donors (Lipinski definition) is 2. The molecular formula is C16H17NO3. The van der Waals surface area contributed by atoms with E-state index in [1.807, 2.05) is 60.7 Å². The van der Waals surface area contributed by atoms with Gasteiger partial charge in [0.25, 0.3) is 0 Å². The first-order valence-electron chi connectivity index (χ1n) is 6.64. The lowest BCUT2D eigenvalue weighted by Crippen LogP contribution is -2.27. The number of aliphatic hydroxyl groups is 2. The molecule has 1 fully saturated rings. The van der Waals surface area contributed by atoms with Crippen LogP contribution in [0.15, 0.2) is 60.7 Å². The number of hydrogen-bond acceptors (Lipinski definition) is 4. The Balaban J connectivity index is 1.85. The summed E-state index contributed by atoms with van der Waals surface area (Å²) in [5.41, 5.74) is 1.99. The summed E-state index contributed by atoms with van der Waals surface area (Å²) >= 11 is 0. The van der Waals surface area contributed by atoms with Crippen molar-refractivity contribution in [1.82, 2.24) is 5.06 Å². The van der Waals surface area contributed by atoms with E-state index >= 15 is 0 Å². The Kier molecular flexibility index (Phi) is 3.80. The van der Waals surface area contributed by atoms with Crippen molar-refractivity contribution in [2.24, 2.45) is 0 Å². The van der Waals surface area contributed by atoms with Crippen molar-refractivity contribution in [1.29, 1.82) is 0 Å². The van der Waals surface area contributed by atoms with Crippen LogP contribution in [0.1, 0.15) is 17.2 Å². The highest BCUT2D eigenvalue weighted by atomic mass is 16.8. The zero-order valence-corrected chi connectivity index (χ0v) is 11.0. The van der Waals surface area contributed by atoms with Crippen molar-refractivity contribution in [2.75, 3.05) is 0 Å². The van der Waals surface area contributed by atoms with E-state index < -0.39 is 12.4 Å². The fraction of sp³-hybridized carbons (Fsp3) is 0.250. The molecule has 0 radical (unpaired) electrons. The Bertz CT molecular complexity index is 546. The molecule has 3 rings (SSSR count). The predicted molar refractivity (Wildman–Crippen MR) is 74.3 cm³/mol. The van der Waals surface area contributed by atoms with Gasteiger partial charge in [0, 0.05) is 0 Å². The molecule has 0 bridgehead atoms.